The van der Waals surface area contributed by atoms with Gasteiger partial charge in [-0.05, 0) is 74.0 Å². The van der Waals surface area contributed by atoms with Crippen LogP contribution >= 0.6 is 0 Å². The minimum atomic E-state index is 0.228. The van der Waals surface area contributed by atoms with Gasteiger partial charge in [-0.15, -0.1) is 0 Å². The number of likely N-dealkylation sites (tertiary alicyclic amines) is 1. The second kappa shape index (κ2) is 5.17. The molecule has 2 unspecified atom stereocenters. The molecule has 1 saturated heterocycles. The maximum atomic E-state index is 12.7. The lowest BCUT2D eigenvalue weighted by Crippen LogP contribution is -2.59. The molecule has 0 aromatic carbocycles. The molecule has 4 aliphatic carbocycles. The highest BCUT2D eigenvalue weighted by Crippen LogP contribution is 2.53. The molecule has 0 radical (unpaired) electrons. The average molecular weight is 290 g/mol. The number of carbonyl (C=O) groups excluding carboxylic acids is 1. The molecule has 3 heteroatoms. The summed E-state index contributed by atoms with van der Waals surface area (Å²) >= 11 is 0. The van der Waals surface area contributed by atoms with Gasteiger partial charge in [-0.2, -0.15) is 0 Å². The molecule has 4 saturated carbocycles. The van der Waals surface area contributed by atoms with E-state index in [1.807, 2.05) is 0 Å². The van der Waals surface area contributed by atoms with E-state index in [0.29, 0.717) is 17.9 Å². The Bertz CT molecular complexity index is 383. The van der Waals surface area contributed by atoms with E-state index in [9.17, 15) is 4.79 Å². The van der Waals surface area contributed by atoms with Crippen molar-refractivity contribution in [1.82, 2.24) is 10.2 Å². The maximum Gasteiger partial charge on any atom is 0.317 e. The van der Waals surface area contributed by atoms with Crippen LogP contribution in [-0.2, 0) is 0 Å². The first kappa shape index (κ1) is 13.9. The summed E-state index contributed by atoms with van der Waals surface area (Å²) in [5.41, 5.74) is 0. The predicted molar refractivity (Wildman–Crippen MR) is 83.9 cm³/mol. The Hall–Kier alpha value is -0.730. The Balaban J connectivity index is 1.40. The number of nitrogens with one attached hydrogen (secondary N) is 1. The third kappa shape index (κ3) is 2.57. The SMILES string of the molecule is CC1CC(C)CN(C(=O)NC2C3CC4CC(C3)CC2C4)C1. The van der Waals surface area contributed by atoms with Crippen molar-refractivity contribution in [2.45, 2.75) is 58.4 Å². The van der Waals surface area contributed by atoms with E-state index < -0.39 is 0 Å². The van der Waals surface area contributed by atoms with E-state index >= 15 is 0 Å². The van der Waals surface area contributed by atoms with Gasteiger partial charge in [0.05, 0.1) is 0 Å². The molecular weight excluding hydrogens is 260 g/mol. The lowest BCUT2D eigenvalue weighted by atomic mass is 9.54. The summed E-state index contributed by atoms with van der Waals surface area (Å²) in [5, 5.41) is 3.46. The smallest absolute Gasteiger partial charge is 0.317 e. The molecule has 1 N–H and O–H groups in total. The molecule has 4 bridgehead atoms. The van der Waals surface area contributed by atoms with Gasteiger partial charge in [-0.25, -0.2) is 4.79 Å². The van der Waals surface area contributed by atoms with Crippen molar-refractivity contribution >= 4 is 6.03 Å². The number of amides is 2. The highest BCUT2D eigenvalue weighted by molar-refractivity contribution is 5.74. The van der Waals surface area contributed by atoms with E-state index in [0.717, 1.165) is 36.8 Å². The fourth-order valence-electron chi connectivity index (χ4n) is 6.22. The van der Waals surface area contributed by atoms with Crippen LogP contribution < -0.4 is 5.32 Å². The first-order chi connectivity index (χ1) is 10.1. The number of nitrogens with zero attached hydrogens (tertiary/aromatic N) is 1. The predicted octanol–water partition coefficient (Wildman–Crippen LogP) is 3.50. The third-order valence-electron chi connectivity index (χ3n) is 6.67. The minimum absolute atomic E-state index is 0.228. The Kier molecular flexibility index (Phi) is 3.42. The van der Waals surface area contributed by atoms with E-state index in [-0.39, 0.29) is 6.03 Å². The summed E-state index contributed by atoms with van der Waals surface area (Å²) in [6, 6.07) is 0.712. The van der Waals surface area contributed by atoms with Gasteiger partial charge in [-0.1, -0.05) is 13.8 Å². The lowest BCUT2D eigenvalue weighted by molar-refractivity contribution is -0.0118. The second-order valence-corrected chi connectivity index (χ2v) is 8.76. The Morgan fingerprint density at radius 3 is 1.90 bits per heavy atom. The number of rotatable bonds is 1. The number of urea groups is 1. The van der Waals surface area contributed by atoms with Crippen LogP contribution in [0.1, 0.15) is 52.4 Å². The van der Waals surface area contributed by atoms with Crippen LogP contribution in [0.15, 0.2) is 0 Å². The zero-order chi connectivity index (χ0) is 14.6. The van der Waals surface area contributed by atoms with Crippen LogP contribution in [0.4, 0.5) is 4.79 Å². The van der Waals surface area contributed by atoms with Crippen molar-refractivity contribution in [2.24, 2.45) is 35.5 Å². The third-order valence-corrected chi connectivity index (χ3v) is 6.67. The molecule has 118 valence electrons. The fourth-order valence-corrected chi connectivity index (χ4v) is 6.22. The van der Waals surface area contributed by atoms with E-state index in [2.05, 4.69) is 24.1 Å². The van der Waals surface area contributed by atoms with E-state index in [4.69, 9.17) is 0 Å². The molecule has 1 heterocycles. The summed E-state index contributed by atoms with van der Waals surface area (Å²) in [4.78, 5) is 14.8. The quantitative estimate of drug-likeness (QED) is 0.787. The van der Waals surface area contributed by atoms with E-state index in [1.54, 1.807) is 0 Å². The zero-order valence-electron chi connectivity index (χ0n) is 13.6. The zero-order valence-corrected chi connectivity index (χ0v) is 13.6. The van der Waals surface area contributed by atoms with Gasteiger partial charge in [0.15, 0.2) is 0 Å². The monoisotopic (exact) mass is 290 g/mol. The molecule has 5 rings (SSSR count). The van der Waals surface area contributed by atoms with Crippen LogP contribution in [-0.4, -0.2) is 30.1 Å². The minimum Gasteiger partial charge on any atom is -0.335 e. The Labute approximate surface area is 128 Å². The van der Waals surface area contributed by atoms with Crippen LogP contribution in [0, 0.1) is 35.5 Å². The van der Waals surface area contributed by atoms with Crippen LogP contribution in [0.3, 0.4) is 0 Å². The van der Waals surface area contributed by atoms with Gasteiger partial charge in [-0.3, -0.25) is 0 Å². The first-order valence-corrected chi connectivity index (χ1v) is 9.14. The van der Waals surface area contributed by atoms with Crippen molar-refractivity contribution in [2.75, 3.05) is 13.1 Å². The van der Waals surface area contributed by atoms with Gasteiger partial charge in [0.25, 0.3) is 0 Å². The van der Waals surface area contributed by atoms with Gasteiger partial charge < -0.3 is 10.2 Å². The first-order valence-electron chi connectivity index (χ1n) is 9.14. The molecular formula is C18H30N2O. The standard InChI is InChI=1S/C18H30N2O/c1-11-3-12(2)10-20(9-11)18(21)19-17-15-5-13-4-14(7-15)8-16(17)6-13/h11-17H,3-10H2,1-2H3,(H,19,21). The van der Waals surface area contributed by atoms with Crippen LogP contribution in [0.5, 0.6) is 0 Å². The Morgan fingerprint density at radius 2 is 1.38 bits per heavy atom. The molecule has 5 aliphatic rings. The summed E-state index contributed by atoms with van der Waals surface area (Å²) in [6.07, 6.45) is 8.27. The molecule has 1 aliphatic heterocycles. The molecule has 0 aromatic heterocycles. The van der Waals surface area contributed by atoms with Gasteiger partial charge >= 0.3 is 6.03 Å². The molecule has 0 spiro atoms. The van der Waals surface area contributed by atoms with Crippen molar-refractivity contribution in [3.8, 4) is 0 Å². The highest BCUT2D eigenvalue weighted by atomic mass is 16.2. The summed E-state index contributed by atoms with van der Waals surface area (Å²) in [7, 11) is 0. The number of hydrogen-bond acceptors (Lipinski definition) is 1. The molecule has 2 atom stereocenters. The molecule has 3 nitrogen and oxygen atoms in total. The van der Waals surface area contributed by atoms with Gasteiger partial charge in [0, 0.05) is 19.1 Å². The number of carbonyl (C=O) groups is 1. The van der Waals surface area contributed by atoms with Crippen molar-refractivity contribution in [3.05, 3.63) is 0 Å². The topological polar surface area (TPSA) is 32.3 Å². The van der Waals surface area contributed by atoms with Crippen LogP contribution in [0.2, 0.25) is 0 Å². The largest absolute Gasteiger partial charge is 0.335 e. The Morgan fingerprint density at radius 1 is 0.857 bits per heavy atom. The summed E-state index contributed by atoms with van der Waals surface area (Å²) in [5.74, 6) is 4.83. The maximum absolute atomic E-state index is 12.7. The van der Waals surface area contributed by atoms with Crippen molar-refractivity contribution in [1.29, 1.82) is 0 Å². The summed E-state index contributed by atoms with van der Waals surface area (Å²) < 4.78 is 0. The normalized spacial score (nSPS) is 48.5. The van der Waals surface area contributed by atoms with E-state index in [1.165, 1.54) is 38.5 Å². The molecule has 21 heavy (non-hydrogen) atoms. The van der Waals surface area contributed by atoms with Crippen molar-refractivity contribution in [3.63, 3.8) is 0 Å². The number of hydrogen-bond donors (Lipinski definition) is 1. The second-order valence-electron chi connectivity index (χ2n) is 8.76. The van der Waals surface area contributed by atoms with Crippen LogP contribution in [0.25, 0.3) is 0 Å². The fraction of sp³-hybridized carbons (Fsp3) is 0.944. The highest BCUT2D eigenvalue weighted by Gasteiger charge is 2.48. The molecule has 2 amide bonds. The molecule has 5 fully saturated rings. The average Bonchev–Trinajstić information content (AvgIpc) is 2.40. The molecule has 0 aromatic rings. The van der Waals surface area contributed by atoms with Crippen molar-refractivity contribution < 1.29 is 4.79 Å². The number of piperidine rings is 1. The lowest BCUT2D eigenvalue weighted by Gasteiger charge is -2.54. The van der Waals surface area contributed by atoms with Gasteiger partial charge in [0.2, 0.25) is 0 Å². The van der Waals surface area contributed by atoms with Gasteiger partial charge in [0.1, 0.15) is 0 Å². The summed E-state index contributed by atoms with van der Waals surface area (Å²) in [6.45, 7) is 6.45.